The SMILES string of the molecule is CCN(CCCS(=O)(=O)O)c1cc(Br)cc(Br)c1. The molecule has 0 radical (unpaired) electrons. The van der Waals surface area contributed by atoms with E-state index in [4.69, 9.17) is 4.55 Å². The van der Waals surface area contributed by atoms with E-state index in [2.05, 4.69) is 36.8 Å². The van der Waals surface area contributed by atoms with Gasteiger partial charge < -0.3 is 4.90 Å². The highest BCUT2D eigenvalue weighted by Crippen LogP contribution is 2.26. The van der Waals surface area contributed by atoms with Crippen LogP contribution in [0.3, 0.4) is 0 Å². The monoisotopic (exact) mass is 399 g/mol. The third-order valence-electron chi connectivity index (χ3n) is 2.42. The zero-order chi connectivity index (χ0) is 13.8. The molecule has 0 heterocycles. The molecule has 0 aliphatic heterocycles. The lowest BCUT2D eigenvalue weighted by atomic mass is 10.2. The van der Waals surface area contributed by atoms with Crippen molar-refractivity contribution in [1.29, 1.82) is 0 Å². The van der Waals surface area contributed by atoms with Gasteiger partial charge in [0.05, 0.1) is 5.75 Å². The van der Waals surface area contributed by atoms with Crippen LogP contribution in [0.1, 0.15) is 13.3 Å². The number of halogens is 2. The standard InChI is InChI=1S/C11H15Br2NO3S/c1-2-14(4-3-5-18(15,16)17)11-7-9(12)6-10(13)8-11/h6-8H,2-5H2,1H3,(H,15,16,17). The molecule has 0 aliphatic rings. The summed E-state index contributed by atoms with van der Waals surface area (Å²) in [4.78, 5) is 2.06. The molecule has 0 saturated carbocycles. The van der Waals surface area contributed by atoms with Gasteiger partial charge in [-0.15, -0.1) is 0 Å². The summed E-state index contributed by atoms with van der Waals surface area (Å²) in [6.07, 6.45) is 0.400. The molecule has 0 fully saturated rings. The fourth-order valence-corrected chi connectivity index (χ4v) is 3.39. The van der Waals surface area contributed by atoms with E-state index < -0.39 is 10.1 Å². The largest absolute Gasteiger partial charge is 0.372 e. The molecule has 0 aromatic heterocycles. The number of rotatable bonds is 6. The Morgan fingerprint density at radius 2 is 1.78 bits per heavy atom. The number of anilines is 1. The summed E-state index contributed by atoms with van der Waals surface area (Å²) in [5.74, 6) is -0.210. The van der Waals surface area contributed by atoms with Gasteiger partial charge in [0.15, 0.2) is 0 Å². The molecule has 4 nitrogen and oxygen atoms in total. The van der Waals surface area contributed by atoms with Crippen LogP contribution in [0.15, 0.2) is 27.1 Å². The fourth-order valence-electron chi connectivity index (χ4n) is 1.63. The van der Waals surface area contributed by atoms with Crippen LogP contribution < -0.4 is 4.90 Å². The molecule has 0 spiro atoms. The summed E-state index contributed by atoms with van der Waals surface area (Å²) < 4.78 is 32.0. The first-order valence-electron chi connectivity index (χ1n) is 5.48. The third-order valence-corrected chi connectivity index (χ3v) is 4.14. The second-order valence-electron chi connectivity index (χ2n) is 3.85. The molecule has 7 heteroatoms. The van der Waals surface area contributed by atoms with E-state index in [9.17, 15) is 8.42 Å². The molecular weight excluding hydrogens is 386 g/mol. The second kappa shape index (κ2) is 6.88. The van der Waals surface area contributed by atoms with Crippen LogP contribution in [0.25, 0.3) is 0 Å². The van der Waals surface area contributed by atoms with Crippen molar-refractivity contribution in [3.8, 4) is 0 Å². The maximum atomic E-state index is 10.7. The Bertz CT molecular complexity index is 485. The number of nitrogens with zero attached hydrogens (tertiary/aromatic N) is 1. The molecular formula is C11H15Br2NO3S. The Morgan fingerprint density at radius 3 is 2.22 bits per heavy atom. The summed E-state index contributed by atoms with van der Waals surface area (Å²) in [6, 6.07) is 5.89. The number of hydrogen-bond acceptors (Lipinski definition) is 3. The highest BCUT2D eigenvalue weighted by Gasteiger charge is 2.09. The van der Waals surface area contributed by atoms with Gasteiger partial charge >= 0.3 is 0 Å². The highest BCUT2D eigenvalue weighted by molar-refractivity contribution is 9.11. The predicted octanol–water partition coefficient (Wildman–Crippen LogP) is 3.32. The van der Waals surface area contributed by atoms with Crippen molar-refractivity contribution in [2.45, 2.75) is 13.3 Å². The van der Waals surface area contributed by atoms with Crippen molar-refractivity contribution in [2.24, 2.45) is 0 Å². The van der Waals surface area contributed by atoms with E-state index in [1.165, 1.54) is 0 Å². The van der Waals surface area contributed by atoms with Gasteiger partial charge in [-0.05, 0) is 31.5 Å². The predicted molar refractivity (Wildman–Crippen MR) is 80.8 cm³/mol. The van der Waals surface area contributed by atoms with Crippen molar-refractivity contribution < 1.29 is 13.0 Å². The van der Waals surface area contributed by atoms with Crippen molar-refractivity contribution in [2.75, 3.05) is 23.7 Å². The molecule has 0 atom stereocenters. The Hall–Kier alpha value is -0.110. The van der Waals surface area contributed by atoms with Crippen LogP contribution in [0, 0.1) is 0 Å². The van der Waals surface area contributed by atoms with E-state index in [1.807, 2.05) is 25.1 Å². The van der Waals surface area contributed by atoms with Gasteiger partial charge in [0.25, 0.3) is 10.1 Å². The summed E-state index contributed by atoms with van der Waals surface area (Å²) in [5.41, 5.74) is 1.01. The topological polar surface area (TPSA) is 57.6 Å². The Labute approximate surface area is 124 Å². The van der Waals surface area contributed by atoms with E-state index in [-0.39, 0.29) is 5.75 Å². The van der Waals surface area contributed by atoms with Gasteiger partial charge in [0.2, 0.25) is 0 Å². The average Bonchev–Trinajstić information content (AvgIpc) is 2.21. The van der Waals surface area contributed by atoms with Crippen LogP contribution in [0.4, 0.5) is 5.69 Å². The van der Waals surface area contributed by atoms with Gasteiger partial charge in [-0.25, -0.2) is 0 Å². The number of hydrogen-bond donors (Lipinski definition) is 1. The first kappa shape index (κ1) is 15.9. The summed E-state index contributed by atoms with van der Waals surface area (Å²) in [5, 5.41) is 0. The summed E-state index contributed by atoms with van der Waals surface area (Å²) >= 11 is 6.84. The van der Waals surface area contributed by atoms with E-state index in [1.54, 1.807) is 0 Å². The number of benzene rings is 1. The Kier molecular flexibility index (Phi) is 6.10. The van der Waals surface area contributed by atoms with Crippen molar-refractivity contribution in [1.82, 2.24) is 0 Å². The third kappa shape index (κ3) is 5.69. The van der Waals surface area contributed by atoms with E-state index in [0.717, 1.165) is 21.2 Å². The first-order chi connectivity index (χ1) is 8.31. The van der Waals surface area contributed by atoms with Crippen LogP contribution in [-0.2, 0) is 10.1 Å². The molecule has 18 heavy (non-hydrogen) atoms. The smallest absolute Gasteiger partial charge is 0.264 e. The minimum absolute atomic E-state index is 0.210. The zero-order valence-corrected chi connectivity index (χ0v) is 13.9. The summed E-state index contributed by atoms with van der Waals surface area (Å²) in [7, 11) is -3.87. The van der Waals surface area contributed by atoms with Crippen LogP contribution in [-0.4, -0.2) is 31.8 Å². The molecule has 0 saturated heterocycles. The molecule has 102 valence electrons. The molecule has 1 rings (SSSR count). The molecule has 1 aromatic carbocycles. The van der Waals surface area contributed by atoms with E-state index >= 15 is 0 Å². The molecule has 0 amide bonds. The lowest BCUT2D eigenvalue weighted by Gasteiger charge is -2.23. The van der Waals surface area contributed by atoms with Crippen molar-refractivity contribution in [3.63, 3.8) is 0 Å². The minimum Gasteiger partial charge on any atom is -0.372 e. The minimum atomic E-state index is -3.87. The van der Waals surface area contributed by atoms with Crippen molar-refractivity contribution in [3.05, 3.63) is 27.1 Å². The maximum absolute atomic E-state index is 10.7. The molecule has 1 aromatic rings. The van der Waals surface area contributed by atoms with Gasteiger partial charge in [-0.1, -0.05) is 31.9 Å². The lowest BCUT2D eigenvalue weighted by Crippen LogP contribution is -2.25. The van der Waals surface area contributed by atoms with Gasteiger partial charge in [-0.3, -0.25) is 4.55 Å². The second-order valence-corrected chi connectivity index (χ2v) is 7.25. The summed E-state index contributed by atoms with van der Waals surface area (Å²) in [6.45, 7) is 3.36. The van der Waals surface area contributed by atoms with Gasteiger partial charge in [0.1, 0.15) is 0 Å². The Morgan fingerprint density at radius 1 is 1.22 bits per heavy atom. The van der Waals surface area contributed by atoms with Gasteiger partial charge in [0, 0.05) is 27.7 Å². The molecule has 0 aliphatic carbocycles. The average molecular weight is 401 g/mol. The maximum Gasteiger partial charge on any atom is 0.264 e. The molecule has 1 N–H and O–H groups in total. The highest BCUT2D eigenvalue weighted by atomic mass is 79.9. The molecule has 0 unspecified atom stereocenters. The normalized spacial score (nSPS) is 11.6. The fraction of sp³-hybridized carbons (Fsp3) is 0.455. The van der Waals surface area contributed by atoms with Crippen LogP contribution >= 0.6 is 31.9 Å². The van der Waals surface area contributed by atoms with Gasteiger partial charge in [-0.2, -0.15) is 8.42 Å². The van der Waals surface area contributed by atoms with Crippen LogP contribution in [0.2, 0.25) is 0 Å². The van der Waals surface area contributed by atoms with Crippen LogP contribution in [0.5, 0.6) is 0 Å². The lowest BCUT2D eigenvalue weighted by molar-refractivity contribution is 0.481. The van der Waals surface area contributed by atoms with E-state index in [0.29, 0.717) is 13.0 Å². The Balaban J connectivity index is 2.71. The quantitative estimate of drug-likeness (QED) is 0.744. The van der Waals surface area contributed by atoms with Crippen molar-refractivity contribution >= 4 is 47.7 Å². The zero-order valence-electron chi connectivity index (χ0n) is 9.94. The first-order valence-corrected chi connectivity index (χ1v) is 8.67. The molecule has 0 bridgehead atoms.